The molecule has 0 saturated heterocycles. The third-order valence-corrected chi connectivity index (χ3v) is 3.95. The maximum atomic E-state index is 11.1. The van der Waals surface area contributed by atoms with Crippen LogP contribution in [0.2, 0.25) is 0 Å². The van der Waals surface area contributed by atoms with E-state index in [4.69, 9.17) is 5.11 Å². The van der Waals surface area contributed by atoms with Gasteiger partial charge in [-0.2, -0.15) is 0 Å². The molecule has 1 atom stereocenters. The normalized spacial score (nSPS) is 12.0. The van der Waals surface area contributed by atoms with Gasteiger partial charge >= 0.3 is 5.97 Å². The third kappa shape index (κ3) is 4.38. The van der Waals surface area contributed by atoms with Crippen LogP contribution in [0.4, 0.5) is 11.4 Å². The monoisotopic (exact) mass is 292 g/mol. The predicted molar refractivity (Wildman–Crippen MR) is 89.4 cm³/mol. The molecule has 0 saturated carbocycles. The van der Waals surface area contributed by atoms with Crippen LogP contribution >= 0.6 is 0 Å². The first-order valence-electron chi connectivity index (χ1n) is 7.77. The zero-order valence-electron chi connectivity index (χ0n) is 13.9. The Kier molecular flexibility index (Phi) is 6.53. The summed E-state index contributed by atoms with van der Waals surface area (Å²) in [5.74, 6) is -1.11. The van der Waals surface area contributed by atoms with E-state index in [0.717, 1.165) is 25.3 Å². The summed E-state index contributed by atoms with van der Waals surface area (Å²) in [6.07, 6.45) is 0. The van der Waals surface area contributed by atoms with Crippen molar-refractivity contribution in [2.75, 3.05) is 36.0 Å². The minimum absolute atomic E-state index is 0.369. The molecule has 1 aromatic rings. The number of hydrogen-bond donors (Lipinski definition) is 1. The van der Waals surface area contributed by atoms with Crippen molar-refractivity contribution in [3.63, 3.8) is 0 Å². The molecule has 0 aliphatic heterocycles. The zero-order chi connectivity index (χ0) is 16.0. The lowest BCUT2D eigenvalue weighted by molar-refractivity contribution is -0.140. The summed E-state index contributed by atoms with van der Waals surface area (Å²) in [6.45, 7) is 13.5. The molecule has 0 aliphatic rings. The second-order valence-electron chi connectivity index (χ2n) is 5.42. The Morgan fingerprint density at radius 1 is 1.14 bits per heavy atom. The van der Waals surface area contributed by atoms with E-state index in [9.17, 15) is 4.79 Å². The van der Waals surface area contributed by atoms with Crippen molar-refractivity contribution in [1.82, 2.24) is 0 Å². The number of benzene rings is 1. The van der Waals surface area contributed by atoms with Gasteiger partial charge in [0.05, 0.1) is 5.92 Å². The summed E-state index contributed by atoms with van der Waals surface area (Å²) < 4.78 is 0. The molecular formula is C17H28N2O2. The zero-order valence-corrected chi connectivity index (χ0v) is 13.9. The van der Waals surface area contributed by atoms with Gasteiger partial charge in [-0.05, 0) is 51.5 Å². The van der Waals surface area contributed by atoms with Gasteiger partial charge in [0.2, 0.25) is 0 Å². The van der Waals surface area contributed by atoms with Crippen LogP contribution in [0.5, 0.6) is 0 Å². The number of rotatable bonds is 8. The first kappa shape index (κ1) is 17.3. The van der Waals surface area contributed by atoms with Crippen LogP contribution in [0.25, 0.3) is 0 Å². The second kappa shape index (κ2) is 7.91. The van der Waals surface area contributed by atoms with Crippen LogP contribution in [-0.2, 0) is 4.79 Å². The van der Waals surface area contributed by atoms with Crippen molar-refractivity contribution in [1.29, 1.82) is 0 Å². The number of anilines is 2. The summed E-state index contributed by atoms with van der Waals surface area (Å²) >= 11 is 0. The van der Waals surface area contributed by atoms with Crippen LogP contribution in [-0.4, -0.2) is 37.3 Å². The largest absolute Gasteiger partial charge is 0.481 e. The van der Waals surface area contributed by atoms with E-state index in [1.54, 1.807) is 6.92 Å². The molecule has 4 heteroatoms. The predicted octanol–water partition coefficient (Wildman–Crippen LogP) is 3.39. The van der Waals surface area contributed by atoms with Gasteiger partial charge in [0, 0.05) is 37.6 Å². The second-order valence-corrected chi connectivity index (χ2v) is 5.42. The lowest BCUT2D eigenvalue weighted by Crippen LogP contribution is -2.32. The molecule has 4 nitrogen and oxygen atoms in total. The molecule has 0 bridgehead atoms. The van der Waals surface area contributed by atoms with Crippen molar-refractivity contribution in [3.05, 3.63) is 23.8 Å². The highest BCUT2D eigenvalue weighted by Crippen LogP contribution is 2.26. The van der Waals surface area contributed by atoms with Crippen LogP contribution in [0.1, 0.15) is 33.3 Å². The Balaban J connectivity index is 2.98. The first-order valence-corrected chi connectivity index (χ1v) is 7.77. The molecule has 1 aromatic carbocycles. The summed E-state index contributed by atoms with van der Waals surface area (Å²) in [6, 6.07) is 6.43. The van der Waals surface area contributed by atoms with Gasteiger partial charge in [0.25, 0.3) is 0 Å². The van der Waals surface area contributed by atoms with E-state index in [2.05, 4.69) is 55.7 Å². The Morgan fingerprint density at radius 2 is 1.71 bits per heavy atom. The number of carbonyl (C=O) groups is 1. The average Bonchev–Trinajstić information content (AvgIpc) is 2.46. The minimum atomic E-state index is -0.745. The maximum absolute atomic E-state index is 11.1. The molecule has 1 rings (SSSR count). The van der Waals surface area contributed by atoms with Crippen LogP contribution in [0.15, 0.2) is 18.2 Å². The number of aliphatic carboxylic acids is 1. The van der Waals surface area contributed by atoms with Crippen LogP contribution < -0.4 is 9.80 Å². The quantitative estimate of drug-likeness (QED) is 0.797. The highest BCUT2D eigenvalue weighted by atomic mass is 16.4. The van der Waals surface area contributed by atoms with Gasteiger partial charge in [0.1, 0.15) is 0 Å². The van der Waals surface area contributed by atoms with E-state index in [1.165, 1.54) is 11.3 Å². The van der Waals surface area contributed by atoms with Gasteiger partial charge in [-0.15, -0.1) is 0 Å². The standard InChI is InChI=1S/C17H28N2O2/c1-6-18(7-2)15-9-10-16(13(4)11-15)19(8-3)12-14(5)17(20)21/h9-11,14H,6-8,12H2,1-5H3,(H,20,21). The molecule has 0 heterocycles. The first-order chi connectivity index (χ1) is 9.94. The number of aryl methyl sites for hydroxylation is 1. The Morgan fingerprint density at radius 3 is 2.14 bits per heavy atom. The molecule has 0 fully saturated rings. The fraction of sp³-hybridized carbons (Fsp3) is 0.588. The fourth-order valence-electron chi connectivity index (χ4n) is 2.59. The van der Waals surface area contributed by atoms with E-state index in [-0.39, 0.29) is 5.92 Å². The summed E-state index contributed by atoms with van der Waals surface area (Å²) in [4.78, 5) is 15.5. The Hall–Kier alpha value is -1.71. The van der Waals surface area contributed by atoms with Gasteiger partial charge in [-0.25, -0.2) is 0 Å². The summed E-state index contributed by atoms with van der Waals surface area (Å²) in [5.41, 5.74) is 3.55. The van der Waals surface area contributed by atoms with Crippen molar-refractivity contribution in [2.24, 2.45) is 5.92 Å². The number of nitrogens with zero attached hydrogens (tertiary/aromatic N) is 2. The molecule has 0 spiro atoms. The van der Waals surface area contributed by atoms with Crippen molar-refractivity contribution in [3.8, 4) is 0 Å². The number of carboxylic acids is 1. The number of carboxylic acid groups (broad SMARTS) is 1. The lowest BCUT2D eigenvalue weighted by Gasteiger charge is -2.28. The van der Waals surface area contributed by atoms with Gasteiger partial charge in [-0.1, -0.05) is 6.92 Å². The highest BCUT2D eigenvalue weighted by Gasteiger charge is 2.17. The van der Waals surface area contributed by atoms with Gasteiger partial charge in [-0.3, -0.25) is 4.79 Å². The Bertz CT molecular complexity index is 470. The topological polar surface area (TPSA) is 43.8 Å². The lowest BCUT2D eigenvalue weighted by atomic mass is 10.1. The van der Waals surface area contributed by atoms with Crippen molar-refractivity contribution in [2.45, 2.75) is 34.6 Å². The minimum Gasteiger partial charge on any atom is -0.481 e. The molecule has 118 valence electrons. The maximum Gasteiger partial charge on any atom is 0.308 e. The SMILES string of the molecule is CCN(CC)c1ccc(N(CC)CC(C)C(=O)O)c(C)c1. The molecule has 1 N–H and O–H groups in total. The Labute approximate surface area is 128 Å². The smallest absolute Gasteiger partial charge is 0.308 e. The molecule has 0 radical (unpaired) electrons. The van der Waals surface area contributed by atoms with Crippen molar-refractivity contribution >= 4 is 17.3 Å². The van der Waals surface area contributed by atoms with E-state index >= 15 is 0 Å². The molecule has 0 aliphatic carbocycles. The van der Waals surface area contributed by atoms with Gasteiger partial charge < -0.3 is 14.9 Å². The fourth-order valence-corrected chi connectivity index (χ4v) is 2.59. The molecule has 1 unspecified atom stereocenters. The molecule has 0 amide bonds. The van der Waals surface area contributed by atoms with Crippen LogP contribution in [0.3, 0.4) is 0 Å². The molecule has 21 heavy (non-hydrogen) atoms. The van der Waals surface area contributed by atoms with Gasteiger partial charge in [0.15, 0.2) is 0 Å². The average molecular weight is 292 g/mol. The molecular weight excluding hydrogens is 264 g/mol. The third-order valence-electron chi connectivity index (χ3n) is 3.95. The van der Waals surface area contributed by atoms with Crippen molar-refractivity contribution < 1.29 is 9.90 Å². The van der Waals surface area contributed by atoms with E-state index < -0.39 is 5.97 Å². The summed E-state index contributed by atoms with van der Waals surface area (Å²) in [7, 11) is 0. The number of hydrogen-bond acceptors (Lipinski definition) is 3. The summed E-state index contributed by atoms with van der Waals surface area (Å²) in [5, 5.41) is 9.09. The van der Waals surface area contributed by atoms with E-state index in [0.29, 0.717) is 6.54 Å². The van der Waals surface area contributed by atoms with Crippen LogP contribution in [0, 0.1) is 12.8 Å². The van der Waals surface area contributed by atoms with E-state index in [1.807, 2.05) is 0 Å². The highest BCUT2D eigenvalue weighted by molar-refractivity contribution is 5.71. The molecule has 0 aromatic heterocycles.